The number of hydrogen-bond donors (Lipinski definition) is 1. The van der Waals surface area contributed by atoms with E-state index < -0.39 is 6.10 Å². The Balaban J connectivity index is 2.00. The lowest BCUT2D eigenvalue weighted by atomic mass is 10.1. The van der Waals surface area contributed by atoms with Gasteiger partial charge in [-0.1, -0.05) is 12.1 Å². The molecular weight excluding hydrogens is 327 g/mol. The summed E-state index contributed by atoms with van der Waals surface area (Å²) in [6, 6.07) is 11.5. The van der Waals surface area contributed by atoms with Gasteiger partial charge >= 0.3 is 0 Å². The predicted molar refractivity (Wildman–Crippen MR) is 77.5 cm³/mol. The Hall–Kier alpha value is -1.59. The SMILES string of the molecule is COc1cccc(C(O)COc2ccc(F)c(Br)c2)c1. The molecule has 20 heavy (non-hydrogen) atoms. The number of methoxy groups -OCH3 is 1. The molecule has 0 saturated heterocycles. The van der Waals surface area contributed by atoms with Gasteiger partial charge in [0.1, 0.15) is 30.0 Å². The highest BCUT2D eigenvalue weighted by Gasteiger charge is 2.10. The van der Waals surface area contributed by atoms with E-state index in [-0.39, 0.29) is 12.4 Å². The van der Waals surface area contributed by atoms with E-state index in [2.05, 4.69) is 15.9 Å². The van der Waals surface area contributed by atoms with Gasteiger partial charge in [0, 0.05) is 0 Å². The third-order valence-electron chi connectivity index (χ3n) is 2.78. The van der Waals surface area contributed by atoms with Crippen LogP contribution in [0.2, 0.25) is 0 Å². The van der Waals surface area contributed by atoms with Gasteiger partial charge in [0.15, 0.2) is 0 Å². The molecule has 0 fully saturated rings. The topological polar surface area (TPSA) is 38.7 Å². The number of benzene rings is 2. The molecule has 0 aliphatic rings. The molecule has 0 aliphatic heterocycles. The molecule has 1 unspecified atom stereocenters. The standard InChI is InChI=1S/C15H14BrFO3/c1-19-11-4-2-3-10(7-11)15(18)9-20-12-5-6-14(17)13(16)8-12/h2-8,15,18H,9H2,1H3. The minimum Gasteiger partial charge on any atom is -0.497 e. The summed E-state index contributed by atoms with van der Waals surface area (Å²) in [7, 11) is 1.57. The summed E-state index contributed by atoms with van der Waals surface area (Å²) in [6.45, 7) is 0.0746. The maximum absolute atomic E-state index is 13.1. The molecule has 1 atom stereocenters. The molecule has 3 nitrogen and oxygen atoms in total. The molecule has 0 bridgehead atoms. The van der Waals surface area contributed by atoms with Crippen LogP contribution in [-0.2, 0) is 0 Å². The van der Waals surface area contributed by atoms with Crippen molar-refractivity contribution in [3.8, 4) is 11.5 Å². The Morgan fingerprint density at radius 3 is 2.70 bits per heavy atom. The molecule has 0 heterocycles. The monoisotopic (exact) mass is 340 g/mol. The molecule has 1 N–H and O–H groups in total. The highest BCUT2D eigenvalue weighted by molar-refractivity contribution is 9.10. The van der Waals surface area contributed by atoms with Gasteiger partial charge in [-0.25, -0.2) is 4.39 Å². The predicted octanol–water partition coefficient (Wildman–Crippen LogP) is 3.71. The Labute approximate surface area is 125 Å². The molecular formula is C15H14BrFO3. The Bertz CT molecular complexity index is 589. The normalized spacial score (nSPS) is 12.0. The molecule has 106 valence electrons. The first-order valence-corrected chi connectivity index (χ1v) is 6.79. The first-order chi connectivity index (χ1) is 9.60. The van der Waals surface area contributed by atoms with Crippen molar-refractivity contribution < 1.29 is 19.0 Å². The maximum atomic E-state index is 13.1. The van der Waals surface area contributed by atoms with Gasteiger partial charge < -0.3 is 14.6 Å². The lowest BCUT2D eigenvalue weighted by Gasteiger charge is -2.13. The number of halogens is 2. The van der Waals surface area contributed by atoms with Gasteiger partial charge in [0.2, 0.25) is 0 Å². The molecule has 0 aliphatic carbocycles. The summed E-state index contributed by atoms with van der Waals surface area (Å²) in [6.07, 6.45) is -0.783. The molecule has 0 saturated carbocycles. The fourth-order valence-corrected chi connectivity index (χ4v) is 2.04. The van der Waals surface area contributed by atoms with Gasteiger partial charge in [0.05, 0.1) is 11.6 Å². The molecule has 2 aromatic carbocycles. The average Bonchev–Trinajstić information content (AvgIpc) is 2.48. The van der Waals surface area contributed by atoms with E-state index in [1.54, 1.807) is 31.4 Å². The second-order valence-corrected chi connectivity index (χ2v) is 5.03. The van der Waals surface area contributed by atoms with Crippen molar-refractivity contribution in [1.29, 1.82) is 0 Å². The van der Waals surface area contributed by atoms with E-state index in [1.807, 2.05) is 0 Å². The summed E-state index contributed by atoms with van der Waals surface area (Å²) in [5, 5.41) is 10.1. The summed E-state index contributed by atoms with van der Waals surface area (Å²) < 4.78 is 23.9. The van der Waals surface area contributed by atoms with Crippen molar-refractivity contribution in [2.24, 2.45) is 0 Å². The number of aliphatic hydroxyl groups excluding tert-OH is 1. The van der Waals surface area contributed by atoms with Gasteiger partial charge in [0.25, 0.3) is 0 Å². The zero-order chi connectivity index (χ0) is 14.5. The zero-order valence-corrected chi connectivity index (χ0v) is 12.4. The highest BCUT2D eigenvalue weighted by atomic mass is 79.9. The van der Waals surface area contributed by atoms with Crippen molar-refractivity contribution in [3.05, 3.63) is 58.3 Å². The fourth-order valence-electron chi connectivity index (χ4n) is 1.69. The van der Waals surface area contributed by atoms with Gasteiger partial charge in [-0.3, -0.25) is 0 Å². The number of aliphatic hydroxyl groups is 1. The van der Waals surface area contributed by atoms with E-state index in [0.29, 0.717) is 21.5 Å². The van der Waals surface area contributed by atoms with E-state index in [4.69, 9.17) is 9.47 Å². The Kier molecular flexibility index (Phi) is 4.98. The van der Waals surface area contributed by atoms with E-state index in [9.17, 15) is 9.50 Å². The van der Waals surface area contributed by atoms with Crippen molar-refractivity contribution in [2.75, 3.05) is 13.7 Å². The van der Waals surface area contributed by atoms with Gasteiger partial charge in [-0.05, 0) is 51.8 Å². The summed E-state index contributed by atoms with van der Waals surface area (Å²) >= 11 is 3.08. The molecule has 2 rings (SSSR count). The third kappa shape index (κ3) is 3.71. The van der Waals surface area contributed by atoms with Crippen LogP contribution in [0.1, 0.15) is 11.7 Å². The first-order valence-electron chi connectivity index (χ1n) is 6.00. The lowest BCUT2D eigenvalue weighted by molar-refractivity contribution is 0.108. The number of hydrogen-bond acceptors (Lipinski definition) is 3. The third-order valence-corrected chi connectivity index (χ3v) is 3.39. The number of rotatable bonds is 5. The molecule has 5 heteroatoms. The van der Waals surface area contributed by atoms with Crippen LogP contribution in [0.25, 0.3) is 0 Å². The van der Waals surface area contributed by atoms with Gasteiger partial charge in [-0.2, -0.15) is 0 Å². The molecule has 0 spiro atoms. The van der Waals surface area contributed by atoms with E-state index in [0.717, 1.165) is 0 Å². The highest BCUT2D eigenvalue weighted by Crippen LogP contribution is 2.24. The van der Waals surface area contributed by atoms with Crippen LogP contribution in [0.3, 0.4) is 0 Å². The molecule has 0 radical (unpaired) electrons. The Morgan fingerprint density at radius 1 is 1.20 bits per heavy atom. The van der Waals surface area contributed by atoms with Crippen LogP contribution in [-0.4, -0.2) is 18.8 Å². The van der Waals surface area contributed by atoms with Crippen LogP contribution in [0.5, 0.6) is 11.5 Å². The minimum atomic E-state index is -0.783. The van der Waals surface area contributed by atoms with Crippen molar-refractivity contribution in [2.45, 2.75) is 6.10 Å². The van der Waals surface area contributed by atoms with Crippen LogP contribution in [0, 0.1) is 5.82 Å². The lowest BCUT2D eigenvalue weighted by Crippen LogP contribution is -2.09. The fraction of sp³-hybridized carbons (Fsp3) is 0.200. The van der Waals surface area contributed by atoms with Crippen molar-refractivity contribution in [1.82, 2.24) is 0 Å². The smallest absolute Gasteiger partial charge is 0.137 e. The number of ether oxygens (including phenoxy) is 2. The molecule has 2 aromatic rings. The van der Waals surface area contributed by atoms with Crippen molar-refractivity contribution in [3.63, 3.8) is 0 Å². The van der Waals surface area contributed by atoms with E-state index >= 15 is 0 Å². The molecule has 0 aromatic heterocycles. The maximum Gasteiger partial charge on any atom is 0.137 e. The van der Waals surface area contributed by atoms with Gasteiger partial charge in [-0.15, -0.1) is 0 Å². The van der Waals surface area contributed by atoms with Crippen LogP contribution in [0.15, 0.2) is 46.9 Å². The van der Waals surface area contributed by atoms with Crippen LogP contribution >= 0.6 is 15.9 Å². The largest absolute Gasteiger partial charge is 0.497 e. The molecule has 0 amide bonds. The second kappa shape index (κ2) is 6.72. The quantitative estimate of drug-likeness (QED) is 0.901. The summed E-state index contributed by atoms with van der Waals surface area (Å²) in [5.41, 5.74) is 0.700. The van der Waals surface area contributed by atoms with Crippen LogP contribution in [0.4, 0.5) is 4.39 Å². The Morgan fingerprint density at radius 2 is 2.00 bits per heavy atom. The second-order valence-electron chi connectivity index (χ2n) is 4.18. The zero-order valence-electron chi connectivity index (χ0n) is 10.8. The van der Waals surface area contributed by atoms with Crippen molar-refractivity contribution >= 4 is 15.9 Å². The first kappa shape index (κ1) is 14.8. The summed E-state index contributed by atoms with van der Waals surface area (Å²) in [4.78, 5) is 0. The summed E-state index contributed by atoms with van der Waals surface area (Å²) in [5.74, 6) is 0.803. The van der Waals surface area contributed by atoms with E-state index in [1.165, 1.54) is 18.2 Å². The van der Waals surface area contributed by atoms with Crippen LogP contribution < -0.4 is 9.47 Å². The average molecular weight is 341 g/mol. The minimum absolute atomic E-state index is 0.0746.